The Labute approximate surface area is 189 Å². The van der Waals surface area contributed by atoms with Crippen LogP contribution >= 0.6 is 0 Å². The van der Waals surface area contributed by atoms with Crippen LogP contribution in [0.4, 0.5) is 15.3 Å². The van der Waals surface area contributed by atoms with E-state index in [1.807, 2.05) is 49.9 Å². The topological polar surface area (TPSA) is 90.4 Å². The Hall–Kier alpha value is -2.77. The first-order chi connectivity index (χ1) is 15.1. The molecule has 2 aliphatic heterocycles. The van der Waals surface area contributed by atoms with Gasteiger partial charge < -0.3 is 19.6 Å². The first-order valence-corrected chi connectivity index (χ1v) is 11.5. The van der Waals surface area contributed by atoms with Crippen molar-refractivity contribution in [3.63, 3.8) is 0 Å². The summed E-state index contributed by atoms with van der Waals surface area (Å²) in [5.74, 6) is -0.762. The van der Waals surface area contributed by atoms with Gasteiger partial charge in [-0.25, -0.2) is 9.59 Å². The van der Waals surface area contributed by atoms with Gasteiger partial charge in [0.2, 0.25) is 0 Å². The van der Waals surface area contributed by atoms with Gasteiger partial charge in [0.25, 0.3) is 0 Å². The second-order valence-corrected chi connectivity index (χ2v) is 10.2. The third-order valence-electron chi connectivity index (χ3n) is 6.85. The summed E-state index contributed by atoms with van der Waals surface area (Å²) in [5.41, 5.74) is 0.193. The summed E-state index contributed by atoms with van der Waals surface area (Å²) in [5, 5.41) is 9.93. The van der Waals surface area contributed by atoms with E-state index in [0.29, 0.717) is 39.0 Å². The molecule has 8 heteroatoms. The predicted molar refractivity (Wildman–Crippen MR) is 120 cm³/mol. The molecule has 3 aliphatic rings. The first kappa shape index (κ1) is 22.4. The van der Waals surface area contributed by atoms with Crippen LogP contribution in [-0.2, 0) is 14.9 Å². The Bertz CT molecular complexity index is 886. The summed E-state index contributed by atoms with van der Waals surface area (Å²) in [6.45, 7) is 7.37. The lowest BCUT2D eigenvalue weighted by Crippen LogP contribution is -2.54. The zero-order valence-corrected chi connectivity index (χ0v) is 19.2. The van der Waals surface area contributed by atoms with Crippen molar-refractivity contribution in [2.75, 3.05) is 31.1 Å². The number of urea groups is 1. The summed E-state index contributed by atoms with van der Waals surface area (Å²) < 4.78 is 5.49. The van der Waals surface area contributed by atoms with E-state index in [-0.39, 0.29) is 18.2 Å². The number of benzene rings is 1. The van der Waals surface area contributed by atoms with Crippen molar-refractivity contribution in [3.05, 3.63) is 29.8 Å². The van der Waals surface area contributed by atoms with E-state index < -0.39 is 17.0 Å². The third-order valence-corrected chi connectivity index (χ3v) is 6.85. The number of anilines is 1. The molecule has 1 saturated carbocycles. The maximum absolute atomic E-state index is 13.0. The Morgan fingerprint density at radius 1 is 1.03 bits per heavy atom. The van der Waals surface area contributed by atoms with E-state index in [1.165, 1.54) is 0 Å². The average Bonchev–Trinajstić information content (AvgIpc) is 3.09. The monoisotopic (exact) mass is 443 g/mol. The van der Waals surface area contributed by atoms with Crippen molar-refractivity contribution in [1.82, 2.24) is 9.80 Å². The van der Waals surface area contributed by atoms with Gasteiger partial charge in [0.15, 0.2) is 0 Å². The van der Waals surface area contributed by atoms with Crippen molar-refractivity contribution in [3.8, 4) is 0 Å². The number of fused-ring (bicyclic) bond motifs is 1. The summed E-state index contributed by atoms with van der Waals surface area (Å²) in [6, 6.07) is 7.29. The maximum Gasteiger partial charge on any atom is 0.410 e. The molecule has 2 saturated heterocycles. The number of aliphatic carboxylic acids is 1. The van der Waals surface area contributed by atoms with Crippen LogP contribution in [0.15, 0.2) is 24.3 Å². The fourth-order valence-corrected chi connectivity index (χ4v) is 5.16. The predicted octanol–water partition coefficient (Wildman–Crippen LogP) is 3.83. The number of carbonyl (C=O) groups is 3. The fraction of sp³-hybridized carbons (Fsp3) is 0.625. The minimum absolute atomic E-state index is 0.0720. The molecule has 8 nitrogen and oxygen atoms in total. The molecule has 4 rings (SSSR count). The maximum atomic E-state index is 13.0. The van der Waals surface area contributed by atoms with E-state index in [9.17, 15) is 19.5 Å². The van der Waals surface area contributed by atoms with Crippen LogP contribution in [0.2, 0.25) is 0 Å². The Morgan fingerprint density at radius 3 is 2.28 bits per heavy atom. The zero-order chi connectivity index (χ0) is 23.1. The molecule has 1 aromatic carbocycles. The number of ether oxygens (including phenoxy) is 1. The van der Waals surface area contributed by atoms with Crippen LogP contribution in [0.25, 0.3) is 0 Å². The number of piperazine rings is 1. The quantitative estimate of drug-likeness (QED) is 0.767. The molecular weight excluding hydrogens is 410 g/mol. The minimum atomic E-state index is -0.822. The average molecular weight is 444 g/mol. The molecule has 0 bridgehead atoms. The van der Waals surface area contributed by atoms with Crippen molar-refractivity contribution >= 4 is 23.8 Å². The van der Waals surface area contributed by atoms with Gasteiger partial charge in [-0.3, -0.25) is 9.69 Å². The summed E-state index contributed by atoms with van der Waals surface area (Å²) in [6.07, 6.45) is 3.88. The van der Waals surface area contributed by atoms with Crippen LogP contribution in [-0.4, -0.2) is 70.8 Å². The lowest BCUT2D eigenvalue weighted by Gasteiger charge is -2.36. The Kier molecular flexibility index (Phi) is 5.81. The lowest BCUT2D eigenvalue weighted by atomic mass is 9.69. The molecule has 1 unspecified atom stereocenters. The van der Waals surface area contributed by atoms with E-state index in [2.05, 4.69) is 0 Å². The summed E-state index contributed by atoms with van der Waals surface area (Å²) in [7, 11) is 0. The van der Waals surface area contributed by atoms with Crippen molar-refractivity contribution in [2.24, 2.45) is 0 Å². The standard InChI is InChI=1S/C24H33N3O5/c1-23(2,3)32-22(31)25-13-14-26-19(15-25)16-27(21(26)30)18-9-7-17(8-10-18)24(20(28)29)11-5-4-6-12-24/h7-10,19H,4-6,11-16H2,1-3H3,(H,28,29). The first-order valence-electron chi connectivity index (χ1n) is 11.5. The van der Waals surface area contributed by atoms with Crippen molar-refractivity contribution in [1.29, 1.82) is 0 Å². The highest BCUT2D eigenvalue weighted by Crippen LogP contribution is 2.40. The molecule has 32 heavy (non-hydrogen) atoms. The van der Waals surface area contributed by atoms with Gasteiger partial charge in [-0.15, -0.1) is 0 Å². The molecule has 1 atom stereocenters. The number of nitrogens with zero attached hydrogens (tertiary/aromatic N) is 3. The highest BCUT2D eigenvalue weighted by molar-refractivity contribution is 5.95. The lowest BCUT2D eigenvalue weighted by molar-refractivity contribution is -0.145. The van der Waals surface area contributed by atoms with Gasteiger partial charge in [0.05, 0.1) is 11.5 Å². The molecule has 0 spiro atoms. The Balaban J connectivity index is 1.47. The molecule has 2 heterocycles. The molecule has 1 N–H and O–H groups in total. The van der Waals surface area contributed by atoms with Crippen LogP contribution in [0.1, 0.15) is 58.4 Å². The van der Waals surface area contributed by atoms with E-state index in [4.69, 9.17) is 4.74 Å². The van der Waals surface area contributed by atoms with Crippen LogP contribution in [0, 0.1) is 0 Å². The number of carbonyl (C=O) groups excluding carboxylic acids is 2. The molecule has 1 aliphatic carbocycles. The highest BCUT2D eigenvalue weighted by atomic mass is 16.6. The van der Waals surface area contributed by atoms with Gasteiger partial charge in [-0.1, -0.05) is 31.4 Å². The van der Waals surface area contributed by atoms with Crippen molar-refractivity contribution in [2.45, 2.75) is 69.9 Å². The number of carboxylic acids is 1. The van der Waals surface area contributed by atoms with Crippen molar-refractivity contribution < 1.29 is 24.2 Å². The number of hydrogen-bond donors (Lipinski definition) is 1. The number of hydrogen-bond acceptors (Lipinski definition) is 4. The normalized spacial score (nSPS) is 23.2. The van der Waals surface area contributed by atoms with Crippen LogP contribution in [0.3, 0.4) is 0 Å². The SMILES string of the molecule is CC(C)(C)OC(=O)N1CCN2C(=O)N(c3ccc(C4(C(=O)O)CCCCC4)cc3)CC2C1. The number of carboxylic acid groups (broad SMARTS) is 1. The second kappa shape index (κ2) is 8.30. The number of rotatable bonds is 3. The van der Waals surface area contributed by atoms with Gasteiger partial charge in [0, 0.05) is 31.9 Å². The molecule has 1 aromatic rings. The minimum Gasteiger partial charge on any atom is -0.481 e. The van der Waals surface area contributed by atoms with Gasteiger partial charge in [0.1, 0.15) is 5.60 Å². The zero-order valence-electron chi connectivity index (χ0n) is 19.2. The molecule has 174 valence electrons. The van der Waals surface area contributed by atoms with E-state index in [0.717, 1.165) is 30.5 Å². The van der Waals surface area contributed by atoms with Crippen LogP contribution < -0.4 is 4.90 Å². The fourth-order valence-electron chi connectivity index (χ4n) is 5.16. The molecule has 3 amide bonds. The highest BCUT2D eigenvalue weighted by Gasteiger charge is 2.44. The third kappa shape index (κ3) is 4.14. The van der Waals surface area contributed by atoms with Gasteiger partial charge >= 0.3 is 18.1 Å². The summed E-state index contributed by atoms with van der Waals surface area (Å²) in [4.78, 5) is 42.8. The summed E-state index contributed by atoms with van der Waals surface area (Å²) >= 11 is 0. The smallest absolute Gasteiger partial charge is 0.410 e. The van der Waals surface area contributed by atoms with E-state index >= 15 is 0 Å². The van der Waals surface area contributed by atoms with Gasteiger partial charge in [-0.05, 0) is 51.3 Å². The molecular formula is C24H33N3O5. The Morgan fingerprint density at radius 2 is 1.69 bits per heavy atom. The van der Waals surface area contributed by atoms with Gasteiger partial charge in [-0.2, -0.15) is 0 Å². The second-order valence-electron chi connectivity index (χ2n) is 10.2. The molecule has 0 radical (unpaired) electrons. The molecule has 0 aromatic heterocycles. The van der Waals surface area contributed by atoms with Crippen LogP contribution in [0.5, 0.6) is 0 Å². The van der Waals surface area contributed by atoms with E-state index in [1.54, 1.807) is 9.80 Å². The largest absolute Gasteiger partial charge is 0.481 e. The molecule has 3 fully saturated rings. The number of amides is 3.